The number of rotatable bonds is 6. The normalized spacial score (nSPS) is 11.6. The summed E-state index contributed by atoms with van der Waals surface area (Å²) >= 11 is 0. The summed E-state index contributed by atoms with van der Waals surface area (Å²) in [6.07, 6.45) is 3.09. The number of anilines is 2. The summed E-state index contributed by atoms with van der Waals surface area (Å²) < 4.78 is 12.0. The Kier molecular flexibility index (Phi) is 6.41. The van der Waals surface area contributed by atoms with Gasteiger partial charge in [-0.25, -0.2) is 0 Å². The highest BCUT2D eigenvalue weighted by Crippen LogP contribution is 2.21. The molecule has 2 aromatic rings. The van der Waals surface area contributed by atoms with Crippen molar-refractivity contribution in [3.8, 4) is 0 Å². The number of aryl methyl sites for hydroxylation is 3. The second-order valence-electron chi connectivity index (χ2n) is 5.84. The second-order valence-corrected chi connectivity index (χ2v) is 7.30. The van der Waals surface area contributed by atoms with Gasteiger partial charge < -0.3 is 10.6 Å². The molecule has 2 N–H and O–H groups in total. The summed E-state index contributed by atoms with van der Waals surface area (Å²) in [5, 5.41) is 5.38. The molecule has 6 nitrogen and oxygen atoms in total. The van der Waals surface area contributed by atoms with Crippen molar-refractivity contribution < 1.29 is 13.8 Å². The average Bonchev–Trinajstić information content (AvgIpc) is 2.51. The summed E-state index contributed by atoms with van der Waals surface area (Å²) in [6.45, 7) is 5.81. The van der Waals surface area contributed by atoms with Gasteiger partial charge in [0.15, 0.2) is 0 Å². The maximum Gasteiger partial charge on any atom is 0.237 e. The summed E-state index contributed by atoms with van der Waals surface area (Å²) in [7, 11) is -1.59. The Morgan fingerprint density at radius 1 is 1.04 bits per heavy atom. The second kappa shape index (κ2) is 8.53. The van der Waals surface area contributed by atoms with Crippen LogP contribution in [0.25, 0.3) is 0 Å². The molecule has 1 atom stereocenters. The smallest absolute Gasteiger partial charge is 0.237 e. The van der Waals surface area contributed by atoms with Gasteiger partial charge in [-0.15, -0.1) is 0 Å². The minimum Gasteiger partial charge on any atom is -0.325 e. The molecule has 0 bridgehead atoms. The Morgan fingerprint density at radius 2 is 1.64 bits per heavy atom. The van der Waals surface area contributed by atoms with Crippen molar-refractivity contribution in [3.05, 3.63) is 53.3 Å². The van der Waals surface area contributed by atoms with Crippen LogP contribution in [0.4, 0.5) is 11.4 Å². The van der Waals surface area contributed by atoms with E-state index in [4.69, 9.17) is 0 Å². The number of benzene rings is 1. The van der Waals surface area contributed by atoms with E-state index in [-0.39, 0.29) is 17.4 Å². The van der Waals surface area contributed by atoms with E-state index in [0.29, 0.717) is 5.69 Å². The third-order valence-corrected chi connectivity index (χ3v) is 4.64. The van der Waals surface area contributed by atoms with Gasteiger partial charge >= 0.3 is 0 Å². The maximum atomic E-state index is 12.1. The van der Waals surface area contributed by atoms with Gasteiger partial charge in [0.1, 0.15) is 11.5 Å². The van der Waals surface area contributed by atoms with Crippen molar-refractivity contribution in [3.63, 3.8) is 0 Å². The van der Waals surface area contributed by atoms with Crippen molar-refractivity contribution in [1.29, 1.82) is 0 Å². The molecular formula is C18H21N3O3S. The van der Waals surface area contributed by atoms with Crippen LogP contribution in [-0.2, 0) is 20.4 Å². The molecule has 2 amide bonds. The molecule has 7 heteroatoms. The van der Waals surface area contributed by atoms with E-state index in [9.17, 15) is 13.8 Å². The lowest BCUT2D eigenvalue weighted by Crippen LogP contribution is -2.26. The van der Waals surface area contributed by atoms with Crippen LogP contribution >= 0.6 is 0 Å². The van der Waals surface area contributed by atoms with Gasteiger partial charge in [0.25, 0.3) is 0 Å². The molecule has 0 aliphatic heterocycles. The summed E-state index contributed by atoms with van der Waals surface area (Å²) in [4.78, 5) is 27.8. The topological polar surface area (TPSA) is 88.2 Å². The zero-order valence-electron chi connectivity index (χ0n) is 14.5. The van der Waals surface area contributed by atoms with Crippen LogP contribution in [-0.4, -0.2) is 32.5 Å². The fourth-order valence-electron chi connectivity index (χ4n) is 2.53. The van der Waals surface area contributed by atoms with Gasteiger partial charge in [-0.3, -0.25) is 18.8 Å². The van der Waals surface area contributed by atoms with Gasteiger partial charge in [-0.2, -0.15) is 0 Å². The molecule has 1 heterocycles. The molecule has 0 unspecified atom stereocenters. The van der Waals surface area contributed by atoms with Gasteiger partial charge in [-0.1, -0.05) is 17.7 Å². The van der Waals surface area contributed by atoms with Crippen molar-refractivity contribution in [2.24, 2.45) is 0 Å². The molecule has 132 valence electrons. The number of carbonyl (C=O) groups is 2. The lowest BCUT2D eigenvalue weighted by molar-refractivity contribution is -0.114. The lowest BCUT2D eigenvalue weighted by Gasteiger charge is -2.12. The summed E-state index contributed by atoms with van der Waals surface area (Å²) in [5.41, 5.74) is 4.27. The van der Waals surface area contributed by atoms with Gasteiger partial charge in [-0.05, 0) is 44.0 Å². The van der Waals surface area contributed by atoms with Crippen LogP contribution in [0, 0.1) is 20.8 Å². The highest BCUT2D eigenvalue weighted by atomic mass is 32.2. The number of nitrogens with one attached hydrogen (secondary N) is 2. The highest BCUT2D eigenvalue weighted by molar-refractivity contribution is 7.86. The first kappa shape index (κ1) is 18.8. The molecule has 25 heavy (non-hydrogen) atoms. The van der Waals surface area contributed by atoms with Gasteiger partial charge in [0.05, 0.1) is 11.9 Å². The SMILES string of the molecule is Cc1cc(C)c(NC(=O)C[S@](=O)CC(=O)Nc2cccnc2)c(C)c1. The molecule has 0 fully saturated rings. The minimum absolute atomic E-state index is 0.229. The minimum atomic E-state index is -1.59. The Hall–Kier alpha value is -2.54. The van der Waals surface area contributed by atoms with Crippen molar-refractivity contribution in [1.82, 2.24) is 4.98 Å². The summed E-state index contributed by atoms with van der Waals surface area (Å²) in [6, 6.07) is 7.32. The van der Waals surface area contributed by atoms with E-state index >= 15 is 0 Å². The predicted molar refractivity (Wildman–Crippen MR) is 100 cm³/mol. The molecule has 0 saturated heterocycles. The van der Waals surface area contributed by atoms with E-state index in [1.807, 2.05) is 32.9 Å². The number of hydrogen-bond donors (Lipinski definition) is 2. The standard InChI is InChI=1S/C18H21N3O3S/c1-12-7-13(2)18(14(3)8-12)21-17(23)11-25(24)10-16(22)20-15-5-4-6-19-9-15/h4-9H,10-11H2,1-3H3,(H,20,22)(H,21,23)/t25-/m1/s1. The highest BCUT2D eigenvalue weighted by Gasteiger charge is 2.14. The summed E-state index contributed by atoms with van der Waals surface area (Å²) in [5.74, 6) is -1.26. The molecule has 0 saturated carbocycles. The first-order chi connectivity index (χ1) is 11.8. The zero-order valence-corrected chi connectivity index (χ0v) is 15.3. The fraction of sp³-hybridized carbons (Fsp3) is 0.278. The Bertz CT molecular complexity index is 783. The number of carbonyl (C=O) groups excluding carboxylic acids is 2. The Labute approximate surface area is 149 Å². The molecule has 0 aliphatic carbocycles. The zero-order chi connectivity index (χ0) is 18.4. The van der Waals surface area contributed by atoms with E-state index in [1.54, 1.807) is 18.3 Å². The first-order valence-electron chi connectivity index (χ1n) is 7.77. The molecule has 0 spiro atoms. The van der Waals surface area contributed by atoms with Crippen LogP contribution < -0.4 is 10.6 Å². The largest absolute Gasteiger partial charge is 0.325 e. The molecular weight excluding hydrogens is 338 g/mol. The lowest BCUT2D eigenvalue weighted by atomic mass is 10.1. The maximum absolute atomic E-state index is 12.1. The molecule has 2 rings (SSSR count). The van der Waals surface area contributed by atoms with Crippen molar-refractivity contribution in [2.45, 2.75) is 20.8 Å². The van der Waals surface area contributed by atoms with Crippen molar-refractivity contribution in [2.75, 3.05) is 22.1 Å². The first-order valence-corrected chi connectivity index (χ1v) is 9.26. The number of pyridine rings is 1. The number of nitrogens with zero attached hydrogens (tertiary/aromatic N) is 1. The van der Waals surface area contributed by atoms with E-state index in [2.05, 4.69) is 15.6 Å². The van der Waals surface area contributed by atoms with Crippen LogP contribution in [0.2, 0.25) is 0 Å². The third kappa shape index (κ3) is 5.79. The number of hydrogen-bond acceptors (Lipinski definition) is 4. The van der Waals surface area contributed by atoms with Crippen LogP contribution in [0.3, 0.4) is 0 Å². The molecule has 1 aromatic carbocycles. The van der Waals surface area contributed by atoms with Gasteiger partial charge in [0.2, 0.25) is 11.8 Å². The van der Waals surface area contributed by atoms with E-state index < -0.39 is 16.7 Å². The van der Waals surface area contributed by atoms with E-state index in [1.165, 1.54) is 6.20 Å². The third-order valence-electron chi connectivity index (χ3n) is 3.47. The number of aromatic nitrogens is 1. The van der Waals surface area contributed by atoms with Gasteiger partial charge in [0, 0.05) is 22.7 Å². The Morgan fingerprint density at radius 3 is 2.20 bits per heavy atom. The van der Waals surface area contributed by atoms with E-state index in [0.717, 1.165) is 22.4 Å². The number of amides is 2. The van der Waals surface area contributed by atoms with Crippen LogP contribution in [0.15, 0.2) is 36.7 Å². The molecule has 1 aromatic heterocycles. The quantitative estimate of drug-likeness (QED) is 0.828. The van der Waals surface area contributed by atoms with Crippen molar-refractivity contribution >= 4 is 34.0 Å². The molecule has 0 aliphatic rings. The Balaban J connectivity index is 1.88. The monoisotopic (exact) mass is 359 g/mol. The van der Waals surface area contributed by atoms with Crippen LogP contribution in [0.1, 0.15) is 16.7 Å². The average molecular weight is 359 g/mol. The fourth-order valence-corrected chi connectivity index (χ4v) is 3.36. The predicted octanol–water partition coefficient (Wildman–Crippen LogP) is 2.33. The molecule has 0 radical (unpaired) electrons. The van der Waals surface area contributed by atoms with Crippen LogP contribution in [0.5, 0.6) is 0 Å².